The van der Waals surface area contributed by atoms with E-state index in [4.69, 9.17) is 10.5 Å². The molecule has 0 bridgehead atoms. The molecular weight excluding hydrogens is 300 g/mol. The van der Waals surface area contributed by atoms with Crippen LogP contribution < -0.4 is 15.8 Å². The van der Waals surface area contributed by atoms with Gasteiger partial charge in [0.15, 0.2) is 0 Å². The highest BCUT2D eigenvalue weighted by Gasteiger charge is 2.38. The fourth-order valence-corrected chi connectivity index (χ4v) is 4.57. The predicted octanol–water partition coefficient (Wildman–Crippen LogP) is 3.14. The Morgan fingerprint density at radius 2 is 2.00 bits per heavy atom. The number of ether oxygens (including phenoxy) is 1. The molecule has 1 aromatic rings. The number of nitrogens with one attached hydrogen (secondary N) is 1. The zero-order valence-corrected chi connectivity index (χ0v) is 14.7. The van der Waals surface area contributed by atoms with Crippen LogP contribution >= 0.6 is 0 Å². The molecule has 2 aliphatic rings. The number of carbonyl (C=O) groups excluding carboxylic acids is 1. The molecule has 1 aromatic carbocycles. The maximum Gasteiger partial charge on any atom is 0.220 e. The molecule has 0 spiro atoms. The molecule has 2 aliphatic carbocycles. The summed E-state index contributed by atoms with van der Waals surface area (Å²) in [6.45, 7) is 0.703. The molecule has 0 saturated heterocycles. The van der Waals surface area contributed by atoms with E-state index in [1.54, 1.807) is 7.11 Å². The number of carbonyl (C=O) groups is 1. The molecule has 4 nitrogen and oxygen atoms in total. The highest BCUT2D eigenvalue weighted by Crippen LogP contribution is 2.44. The van der Waals surface area contributed by atoms with Gasteiger partial charge in [0.2, 0.25) is 5.91 Å². The van der Waals surface area contributed by atoms with Crippen LogP contribution in [0.5, 0.6) is 5.75 Å². The molecule has 2 atom stereocenters. The molecule has 1 amide bonds. The van der Waals surface area contributed by atoms with E-state index in [1.807, 2.05) is 12.1 Å². The van der Waals surface area contributed by atoms with Crippen molar-refractivity contribution in [2.75, 3.05) is 13.7 Å². The molecule has 0 heterocycles. The summed E-state index contributed by atoms with van der Waals surface area (Å²) >= 11 is 0. The van der Waals surface area contributed by atoms with E-state index in [1.165, 1.54) is 18.4 Å². The van der Waals surface area contributed by atoms with Crippen molar-refractivity contribution in [1.29, 1.82) is 0 Å². The number of benzene rings is 1. The Morgan fingerprint density at radius 3 is 2.67 bits per heavy atom. The summed E-state index contributed by atoms with van der Waals surface area (Å²) in [6, 6.07) is 8.45. The van der Waals surface area contributed by atoms with Gasteiger partial charge in [0, 0.05) is 30.0 Å². The summed E-state index contributed by atoms with van der Waals surface area (Å²) in [5.74, 6) is 1.45. The molecule has 3 N–H and O–H groups in total. The number of nitrogens with two attached hydrogens (primary N) is 1. The van der Waals surface area contributed by atoms with Gasteiger partial charge in [0.25, 0.3) is 0 Å². The average Bonchev–Trinajstić information content (AvgIpc) is 3.23. The first-order valence-electron chi connectivity index (χ1n) is 9.30. The van der Waals surface area contributed by atoms with Crippen LogP contribution in [-0.4, -0.2) is 25.6 Å². The Kier molecular flexibility index (Phi) is 5.44. The number of para-hydroxylation sites is 1. The van der Waals surface area contributed by atoms with Crippen molar-refractivity contribution >= 4 is 5.91 Å². The largest absolute Gasteiger partial charge is 0.496 e. The van der Waals surface area contributed by atoms with Gasteiger partial charge in [-0.2, -0.15) is 0 Å². The third kappa shape index (κ3) is 3.59. The van der Waals surface area contributed by atoms with Crippen molar-refractivity contribution in [1.82, 2.24) is 5.32 Å². The van der Waals surface area contributed by atoms with Crippen molar-refractivity contribution in [3.05, 3.63) is 29.8 Å². The van der Waals surface area contributed by atoms with Crippen LogP contribution in [0, 0.1) is 5.92 Å². The van der Waals surface area contributed by atoms with Gasteiger partial charge in [-0.25, -0.2) is 0 Å². The Morgan fingerprint density at radius 1 is 1.25 bits per heavy atom. The zero-order valence-electron chi connectivity index (χ0n) is 14.7. The minimum absolute atomic E-state index is 0.0139. The van der Waals surface area contributed by atoms with Gasteiger partial charge in [-0.1, -0.05) is 37.5 Å². The summed E-state index contributed by atoms with van der Waals surface area (Å²) in [5, 5.41) is 3.21. The fraction of sp³-hybridized carbons (Fsp3) is 0.650. The lowest BCUT2D eigenvalue weighted by atomic mass is 9.78. The van der Waals surface area contributed by atoms with E-state index < -0.39 is 0 Å². The Bertz CT molecular complexity index is 567. The topological polar surface area (TPSA) is 64.3 Å². The molecule has 2 fully saturated rings. The number of hydrogen-bond donors (Lipinski definition) is 2. The van der Waals surface area contributed by atoms with Crippen molar-refractivity contribution < 1.29 is 9.53 Å². The second-order valence-corrected chi connectivity index (χ2v) is 7.52. The van der Waals surface area contributed by atoms with Gasteiger partial charge in [0.05, 0.1) is 7.11 Å². The fourth-order valence-electron chi connectivity index (χ4n) is 4.57. The summed E-state index contributed by atoms with van der Waals surface area (Å²) in [4.78, 5) is 12.4. The summed E-state index contributed by atoms with van der Waals surface area (Å²) in [5.41, 5.74) is 7.36. The Hall–Kier alpha value is -1.55. The maximum atomic E-state index is 12.4. The molecule has 132 valence electrons. The molecule has 24 heavy (non-hydrogen) atoms. The lowest BCUT2D eigenvalue weighted by Gasteiger charge is -2.31. The average molecular weight is 330 g/mol. The van der Waals surface area contributed by atoms with Crippen molar-refractivity contribution in [3.8, 4) is 5.75 Å². The Labute approximate surface area is 145 Å². The first-order chi connectivity index (χ1) is 11.6. The van der Waals surface area contributed by atoms with Crippen molar-refractivity contribution in [2.45, 2.75) is 62.8 Å². The van der Waals surface area contributed by atoms with E-state index in [-0.39, 0.29) is 17.4 Å². The number of hydrogen-bond acceptors (Lipinski definition) is 3. The summed E-state index contributed by atoms with van der Waals surface area (Å²) < 4.78 is 5.58. The van der Waals surface area contributed by atoms with E-state index in [9.17, 15) is 4.79 Å². The van der Waals surface area contributed by atoms with Crippen LogP contribution in [0.15, 0.2) is 24.3 Å². The summed E-state index contributed by atoms with van der Waals surface area (Å²) in [7, 11) is 1.72. The second kappa shape index (κ2) is 7.56. The second-order valence-electron chi connectivity index (χ2n) is 7.52. The van der Waals surface area contributed by atoms with Crippen molar-refractivity contribution in [3.63, 3.8) is 0 Å². The predicted molar refractivity (Wildman–Crippen MR) is 96.1 cm³/mol. The van der Waals surface area contributed by atoms with Crippen molar-refractivity contribution in [2.24, 2.45) is 11.7 Å². The first kappa shape index (κ1) is 17.3. The molecule has 0 aromatic heterocycles. The van der Waals surface area contributed by atoms with Gasteiger partial charge < -0.3 is 15.8 Å². The van der Waals surface area contributed by atoms with Gasteiger partial charge in [0.1, 0.15) is 5.75 Å². The lowest BCUT2D eigenvalue weighted by Crippen LogP contribution is -2.40. The quantitative estimate of drug-likeness (QED) is 0.842. The first-order valence-corrected chi connectivity index (χ1v) is 9.30. The third-order valence-corrected chi connectivity index (χ3v) is 6.03. The molecule has 2 saturated carbocycles. The molecule has 0 aliphatic heterocycles. The molecule has 4 heteroatoms. The number of methoxy groups -OCH3 is 1. The maximum absolute atomic E-state index is 12.4. The molecule has 3 rings (SSSR count). The number of amides is 1. The molecule has 0 radical (unpaired) electrons. The van der Waals surface area contributed by atoms with Crippen LogP contribution in [0.4, 0.5) is 0 Å². The minimum Gasteiger partial charge on any atom is -0.496 e. The lowest BCUT2D eigenvalue weighted by molar-refractivity contribution is -0.122. The van der Waals surface area contributed by atoms with Gasteiger partial charge in [-0.15, -0.1) is 0 Å². The van der Waals surface area contributed by atoms with Gasteiger partial charge >= 0.3 is 0 Å². The normalized spacial score (nSPS) is 25.6. The standard InChI is InChI=1S/C20H30N2O2/c1-24-18-10-3-2-8-16(18)20(11-4-5-12-20)14-22-19(23)13-15-7-6-9-17(15)21/h2-3,8,10,15,17H,4-7,9,11-14,21H2,1H3,(H,22,23)/t15-,17+/m0/s1. The SMILES string of the molecule is COc1ccccc1C1(CNC(=O)C[C@@H]2CCC[C@H]2N)CCCC1. The van der Waals surface area contributed by atoms with E-state index in [0.29, 0.717) is 18.9 Å². The third-order valence-electron chi connectivity index (χ3n) is 6.03. The highest BCUT2D eigenvalue weighted by molar-refractivity contribution is 5.76. The Balaban J connectivity index is 1.67. The van der Waals surface area contributed by atoms with E-state index in [0.717, 1.165) is 37.9 Å². The highest BCUT2D eigenvalue weighted by atomic mass is 16.5. The summed E-state index contributed by atoms with van der Waals surface area (Å²) in [6.07, 6.45) is 8.51. The van der Waals surface area contributed by atoms with Gasteiger partial charge in [-0.3, -0.25) is 4.79 Å². The van der Waals surface area contributed by atoms with Crippen LogP contribution in [-0.2, 0) is 10.2 Å². The van der Waals surface area contributed by atoms with Crippen LogP contribution in [0.25, 0.3) is 0 Å². The zero-order chi connectivity index (χ0) is 17.0. The van der Waals surface area contributed by atoms with E-state index in [2.05, 4.69) is 17.4 Å². The number of rotatable bonds is 6. The van der Waals surface area contributed by atoms with Gasteiger partial charge in [-0.05, 0) is 37.7 Å². The van der Waals surface area contributed by atoms with Crippen LogP contribution in [0.3, 0.4) is 0 Å². The smallest absolute Gasteiger partial charge is 0.220 e. The van der Waals surface area contributed by atoms with E-state index >= 15 is 0 Å². The molecule has 0 unspecified atom stereocenters. The van der Waals surface area contributed by atoms with Crippen LogP contribution in [0.2, 0.25) is 0 Å². The minimum atomic E-state index is 0.0139. The van der Waals surface area contributed by atoms with Crippen LogP contribution in [0.1, 0.15) is 56.9 Å². The monoisotopic (exact) mass is 330 g/mol. The molecular formula is C20H30N2O2.